The number of nitrogens with zero attached hydrogens (tertiary/aromatic N) is 2. The molecule has 0 saturated carbocycles. The lowest BCUT2D eigenvalue weighted by Crippen LogP contribution is -2.47. The first-order valence-electron chi connectivity index (χ1n) is 8.85. The Morgan fingerprint density at radius 3 is 2.40 bits per heavy atom. The molecule has 2 rings (SSSR count). The molecule has 0 unspecified atom stereocenters. The number of hydrogen-bond acceptors (Lipinski definition) is 5. The number of piperidine rings is 1. The van der Waals surface area contributed by atoms with Gasteiger partial charge < -0.3 is 19.5 Å². The number of amides is 1. The fourth-order valence-corrected chi connectivity index (χ4v) is 2.85. The second-order valence-electron chi connectivity index (χ2n) is 7.96. The van der Waals surface area contributed by atoms with Crippen molar-refractivity contribution in [2.24, 2.45) is 0 Å². The van der Waals surface area contributed by atoms with Crippen molar-refractivity contribution >= 4 is 6.09 Å². The van der Waals surface area contributed by atoms with Crippen LogP contribution in [0.4, 0.5) is 4.79 Å². The fraction of sp³-hybridized carbons (Fsp3) is 0.684. The van der Waals surface area contributed by atoms with Crippen molar-refractivity contribution < 1.29 is 19.4 Å². The summed E-state index contributed by atoms with van der Waals surface area (Å²) < 4.78 is 11.2. The van der Waals surface area contributed by atoms with E-state index in [1.54, 1.807) is 4.90 Å². The summed E-state index contributed by atoms with van der Waals surface area (Å²) >= 11 is 0. The summed E-state index contributed by atoms with van der Waals surface area (Å²) in [4.78, 5) is 18.4. The Balaban J connectivity index is 2.15. The topological polar surface area (TPSA) is 71.9 Å². The number of carbonyl (C=O) groups is 1. The molecule has 1 aliphatic rings. The number of ether oxygens (including phenoxy) is 2. The van der Waals surface area contributed by atoms with Gasteiger partial charge in [-0.15, -0.1) is 0 Å². The molecule has 1 N–H and O–H groups in total. The van der Waals surface area contributed by atoms with Crippen LogP contribution in [-0.2, 0) is 10.3 Å². The minimum Gasteiger partial charge on any atom is -0.489 e. The van der Waals surface area contributed by atoms with E-state index in [0.717, 1.165) is 5.69 Å². The lowest BCUT2D eigenvalue weighted by Gasteiger charge is -2.38. The highest BCUT2D eigenvalue weighted by atomic mass is 16.6. The molecule has 6 nitrogen and oxygen atoms in total. The summed E-state index contributed by atoms with van der Waals surface area (Å²) in [7, 11) is 0. The molecule has 1 aromatic rings. The smallest absolute Gasteiger partial charge is 0.410 e. The van der Waals surface area contributed by atoms with E-state index in [4.69, 9.17) is 9.47 Å². The quantitative estimate of drug-likeness (QED) is 0.904. The number of rotatable bonds is 3. The third-order valence-electron chi connectivity index (χ3n) is 4.04. The SMILES string of the molecule is Cc1ccc(OC(C)C)c(C2(O)CCN(C(=O)OC(C)(C)C)CC2)n1. The Morgan fingerprint density at radius 1 is 1.28 bits per heavy atom. The minimum absolute atomic E-state index is 0.00583. The first-order valence-corrected chi connectivity index (χ1v) is 8.85. The zero-order valence-electron chi connectivity index (χ0n) is 16.1. The van der Waals surface area contributed by atoms with E-state index in [2.05, 4.69) is 4.98 Å². The molecule has 1 amide bonds. The van der Waals surface area contributed by atoms with Crippen molar-refractivity contribution in [3.8, 4) is 5.75 Å². The predicted molar refractivity (Wildman–Crippen MR) is 95.7 cm³/mol. The van der Waals surface area contributed by atoms with Gasteiger partial charge in [0.2, 0.25) is 0 Å². The summed E-state index contributed by atoms with van der Waals surface area (Å²) in [6.45, 7) is 12.1. The van der Waals surface area contributed by atoms with E-state index >= 15 is 0 Å². The van der Waals surface area contributed by atoms with Crippen LogP contribution in [0.15, 0.2) is 12.1 Å². The predicted octanol–water partition coefficient (Wildman–Crippen LogP) is 3.40. The first-order chi connectivity index (χ1) is 11.5. The molecule has 2 heterocycles. The van der Waals surface area contributed by atoms with E-state index in [0.29, 0.717) is 37.4 Å². The van der Waals surface area contributed by atoms with Crippen LogP contribution in [0.2, 0.25) is 0 Å². The minimum atomic E-state index is -1.10. The van der Waals surface area contributed by atoms with Crippen LogP contribution in [0, 0.1) is 6.92 Å². The number of hydrogen-bond donors (Lipinski definition) is 1. The number of aliphatic hydroxyl groups is 1. The average molecular weight is 350 g/mol. The standard InChI is InChI=1S/C19H30N2O4/c1-13(2)24-15-8-7-14(3)20-16(15)19(23)9-11-21(12-10-19)17(22)25-18(4,5)6/h7-8,13,23H,9-12H2,1-6H3. The monoisotopic (exact) mass is 350 g/mol. The van der Waals surface area contributed by atoms with Crippen LogP contribution >= 0.6 is 0 Å². The Kier molecular flexibility index (Phi) is 5.62. The van der Waals surface area contributed by atoms with Gasteiger partial charge in [-0.1, -0.05) is 0 Å². The lowest BCUT2D eigenvalue weighted by atomic mass is 9.87. The molecule has 0 atom stereocenters. The molecule has 0 aromatic carbocycles. The molecule has 0 spiro atoms. The number of carbonyl (C=O) groups excluding carboxylic acids is 1. The van der Waals surface area contributed by atoms with Crippen LogP contribution < -0.4 is 4.74 Å². The Labute approximate surface area is 150 Å². The lowest BCUT2D eigenvalue weighted by molar-refractivity contribution is -0.0399. The van der Waals surface area contributed by atoms with Crippen LogP contribution in [0.5, 0.6) is 5.75 Å². The number of aryl methyl sites for hydroxylation is 1. The average Bonchev–Trinajstić information content (AvgIpc) is 2.47. The van der Waals surface area contributed by atoms with Gasteiger partial charge in [-0.3, -0.25) is 4.98 Å². The van der Waals surface area contributed by atoms with Gasteiger partial charge in [0.1, 0.15) is 22.6 Å². The number of pyridine rings is 1. The summed E-state index contributed by atoms with van der Waals surface area (Å²) in [5.41, 5.74) is -0.241. The van der Waals surface area contributed by atoms with E-state index < -0.39 is 11.2 Å². The van der Waals surface area contributed by atoms with Gasteiger partial charge in [0.05, 0.1) is 6.10 Å². The Hall–Kier alpha value is -1.82. The van der Waals surface area contributed by atoms with Gasteiger partial charge in [0, 0.05) is 18.8 Å². The molecule has 6 heteroatoms. The third-order valence-corrected chi connectivity index (χ3v) is 4.04. The van der Waals surface area contributed by atoms with Crippen molar-refractivity contribution in [1.82, 2.24) is 9.88 Å². The highest BCUT2D eigenvalue weighted by molar-refractivity contribution is 5.68. The first kappa shape index (κ1) is 19.5. The van der Waals surface area contributed by atoms with Gasteiger partial charge in [-0.25, -0.2) is 4.79 Å². The second kappa shape index (κ2) is 7.20. The van der Waals surface area contributed by atoms with Gasteiger partial charge in [-0.2, -0.15) is 0 Å². The van der Waals surface area contributed by atoms with Crippen molar-refractivity contribution in [1.29, 1.82) is 0 Å². The third kappa shape index (κ3) is 5.08. The van der Waals surface area contributed by atoms with Crippen molar-refractivity contribution in [3.63, 3.8) is 0 Å². The summed E-state index contributed by atoms with van der Waals surface area (Å²) in [6, 6.07) is 3.73. The van der Waals surface area contributed by atoms with Crippen LogP contribution in [0.1, 0.15) is 58.8 Å². The largest absolute Gasteiger partial charge is 0.489 e. The number of likely N-dealkylation sites (tertiary alicyclic amines) is 1. The normalized spacial score (nSPS) is 17.5. The fourth-order valence-electron chi connectivity index (χ4n) is 2.85. The molecule has 0 bridgehead atoms. The van der Waals surface area contributed by atoms with Crippen molar-refractivity contribution in [3.05, 3.63) is 23.5 Å². The van der Waals surface area contributed by atoms with Crippen LogP contribution in [0.25, 0.3) is 0 Å². The summed E-state index contributed by atoms with van der Waals surface area (Å²) in [5, 5.41) is 11.2. The molecule has 1 aromatic heterocycles. The molecule has 25 heavy (non-hydrogen) atoms. The molecule has 1 aliphatic heterocycles. The zero-order valence-corrected chi connectivity index (χ0v) is 16.1. The van der Waals surface area contributed by atoms with Gasteiger partial charge in [-0.05, 0) is 66.5 Å². The maximum atomic E-state index is 12.2. The highest BCUT2D eigenvalue weighted by Crippen LogP contribution is 2.37. The zero-order chi connectivity index (χ0) is 18.8. The molecular formula is C19H30N2O4. The van der Waals surface area contributed by atoms with Crippen molar-refractivity contribution in [2.45, 2.75) is 71.7 Å². The Bertz CT molecular complexity index is 614. The number of aromatic nitrogens is 1. The summed E-state index contributed by atoms with van der Waals surface area (Å²) in [6.07, 6.45) is 0.452. The molecule has 0 aliphatic carbocycles. The maximum Gasteiger partial charge on any atom is 0.410 e. The Morgan fingerprint density at radius 2 is 1.88 bits per heavy atom. The highest BCUT2D eigenvalue weighted by Gasteiger charge is 2.40. The summed E-state index contributed by atoms with van der Waals surface area (Å²) in [5.74, 6) is 0.605. The van der Waals surface area contributed by atoms with E-state index in [-0.39, 0.29) is 12.2 Å². The van der Waals surface area contributed by atoms with Gasteiger partial charge in [0.15, 0.2) is 0 Å². The van der Waals surface area contributed by atoms with Gasteiger partial charge in [0.25, 0.3) is 0 Å². The molecule has 1 saturated heterocycles. The van der Waals surface area contributed by atoms with Gasteiger partial charge >= 0.3 is 6.09 Å². The maximum absolute atomic E-state index is 12.2. The second-order valence-corrected chi connectivity index (χ2v) is 7.96. The van der Waals surface area contributed by atoms with E-state index in [9.17, 15) is 9.90 Å². The van der Waals surface area contributed by atoms with E-state index in [1.165, 1.54) is 0 Å². The molecule has 0 radical (unpaired) electrons. The van der Waals surface area contributed by atoms with Crippen LogP contribution in [-0.4, -0.2) is 45.9 Å². The molecular weight excluding hydrogens is 320 g/mol. The van der Waals surface area contributed by atoms with Crippen LogP contribution in [0.3, 0.4) is 0 Å². The van der Waals surface area contributed by atoms with E-state index in [1.807, 2.05) is 53.7 Å². The molecule has 140 valence electrons. The molecule has 1 fully saturated rings. The van der Waals surface area contributed by atoms with Crippen molar-refractivity contribution in [2.75, 3.05) is 13.1 Å².